The average Bonchev–Trinajstić information content (AvgIpc) is 3.11. The minimum Gasteiger partial charge on any atom is -0.328 e. The fourth-order valence-corrected chi connectivity index (χ4v) is 3.71. The van der Waals surface area contributed by atoms with Gasteiger partial charge in [-0.3, -0.25) is 4.79 Å². The van der Waals surface area contributed by atoms with E-state index in [9.17, 15) is 4.79 Å². The molecular formula is C22H23N5O. The zero-order valence-electron chi connectivity index (χ0n) is 16.4. The Balaban J connectivity index is 1.79. The van der Waals surface area contributed by atoms with Crippen LogP contribution >= 0.6 is 0 Å². The lowest BCUT2D eigenvalue weighted by Gasteiger charge is -2.29. The number of carbonyl (C=O) groups excluding carboxylic acids is 1. The summed E-state index contributed by atoms with van der Waals surface area (Å²) in [5, 5.41) is 10.7. The summed E-state index contributed by atoms with van der Waals surface area (Å²) in [6.07, 6.45) is 1.51. The Labute approximate surface area is 164 Å². The Bertz CT molecular complexity index is 1100. The van der Waals surface area contributed by atoms with Gasteiger partial charge in [-0.15, -0.1) is 0 Å². The maximum Gasteiger partial charge on any atom is 0.255 e. The van der Waals surface area contributed by atoms with E-state index in [2.05, 4.69) is 26.8 Å². The number of aromatic nitrogens is 3. The van der Waals surface area contributed by atoms with Gasteiger partial charge in [-0.1, -0.05) is 42.0 Å². The number of hydrogen-bond acceptors (Lipinski definition) is 4. The Kier molecular flexibility index (Phi) is 4.47. The number of rotatable bonds is 3. The fraction of sp³-hybridized carbons (Fsp3) is 0.227. The van der Waals surface area contributed by atoms with Gasteiger partial charge in [0.05, 0.1) is 5.57 Å². The van der Waals surface area contributed by atoms with Crippen LogP contribution in [0.4, 0.5) is 11.6 Å². The van der Waals surface area contributed by atoms with Crippen molar-refractivity contribution in [1.82, 2.24) is 14.8 Å². The number of nitrogens with one attached hydrogen (secondary N) is 2. The summed E-state index contributed by atoms with van der Waals surface area (Å²) in [5.41, 5.74) is 6.54. The molecule has 142 valence electrons. The smallest absolute Gasteiger partial charge is 0.255 e. The molecule has 2 aromatic carbocycles. The molecule has 1 aliphatic heterocycles. The van der Waals surface area contributed by atoms with Gasteiger partial charge in [0.2, 0.25) is 5.95 Å². The third kappa shape index (κ3) is 3.07. The number of hydrogen-bond donors (Lipinski definition) is 2. The highest BCUT2D eigenvalue weighted by molar-refractivity contribution is 6.06. The monoisotopic (exact) mass is 373 g/mol. The zero-order chi connectivity index (χ0) is 19.8. The molecule has 1 atom stereocenters. The van der Waals surface area contributed by atoms with E-state index < -0.39 is 0 Å². The van der Waals surface area contributed by atoms with Crippen LogP contribution < -0.4 is 10.6 Å². The van der Waals surface area contributed by atoms with E-state index in [1.807, 2.05) is 64.1 Å². The number of fused-ring (bicyclic) bond motifs is 1. The normalized spacial score (nSPS) is 15.8. The molecule has 0 fully saturated rings. The lowest BCUT2D eigenvalue weighted by atomic mass is 9.92. The van der Waals surface area contributed by atoms with E-state index in [1.165, 1.54) is 6.33 Å². The molecule has 4 rings (SSSR count). The van der Waals surface area contributed by atoms with E-state index in [0.29, 0.717) is 11.5 Å². The Morgan fingerprint density at radius 1 is 1.07 bits per heavy atom. The predicted octanol–water partition coefficient (Wildman–Crippen LogP) is 4.13. The van der Waals surface area contributed by atoms with Crippen LogP contribution in [0, 0.1) is 20.8 Å². The molecule has 0 saturated carbocycles. The number of benzene rings is 2. The van der Waals surface area contributed by atoms with Crippen molar-refractivity contribution in [2.45, 2.75) is 33.7 Å². The van der Waals surface area contributed by atoms with Crippen LogP contribution in [-0.4, -0.2) is 20.7 Å². The highest BCUT2D eigenvalue weighted by Crippen LogP contribution is 2.36. The predicted molar refractivity (Wildman–Crippen MR) is 110 cm³/mol. The van der Waals surface area contributed by atoms with Gasteiger partial charge in [-0.05, 0) is 50.5 Å². The maximum atomic E-state index is 13.4. The summed E-state index contributed by atoms with van der Waals surface area (Å²) in [6.45, 7) is 7.98. The van der Waals surface area contributed by atoms with Gasteiger partial charge < -0.3 is 10.6 Å². The lowest BCUT2D eigenvalue weighted by Crippen LogP contribution is -2.32. The lowest BCUT2D eigenvalue weighted by molar-refractivity contribution is -0.113. The summed E-state index contributed by atoms with van der Waals surface area (Å²) >= 11 is 0. The number of carbonyl (C=O) groups is 1. The average molecular weight is 373 g/mol. The third-order valence-electron chi connectivity index (χ3n) is 5.15. The maximum absolute atomic E-state index is 13.4. The quantitative estimate of drug-likeness (QED) is 0.724. The first-order valence-electron chi connectivity index (χ1n) is 9.27. The molecule has 2 N–H and O–H groups in total. The summed E-state index contributed by atoms with van der Waals surface area (Å²) in [5.74, 6) is 0.486. The first-order valence-corrected chi connectivity index (χ1v) is 9.27. The molecular weight excluding hydrogens is 350 g/mol. The molecule has 0 bridgehead atoms. The number of amides is 1. The molecule has 28 heavy (non-hydrogen) atoms. The molecule has 1 aromatic heterocycles. The van der Waals surface area contributed by atoms with Crippen LogP contribution in [0.3, 0.4) is 0 Å². The van der Waals surface area contributed by atoms with Crippen LogP contribution in [-0.2, 0) is 4.79 Å². The van der Waals surface area contributed by atoms with Crippen molar-refractivity contribution in [3.05, 3.63) is 82.3 Å². The minimum absolute atomic E-state index is 0.147. The van der Waals surface area contributed by atoms with Gasteiger partial charge in [0.25, 0.3) is 5.91 Å². The van der Waals surface area contributed by atoms with Crippen LogP contribution in [0.15, 0.2) is 60.1 Å². The topological polar surface area (TPSA) is 71.8 Å². The number of allylic oxidation sites excluding steroid dienone is 1. The summed E-state index contributed by atoms with van der Waals surface area (Å²) < 4.78 is 1.77. The molecule has 0 spiro atoms. The van der Waals surface area contributed by atoms with Gasteiger partial charge in [-0.2, -0.15) is 10.1 Å². The molecule has 6 nitrogen and oxygen atoms in total. The Morgan fingerprint density at radius 2 is 1.86 bits per heavy atom. The van der Waals surface area contributed by atoms with Crippen LogP contribution in [0.5, 0.6) is 0 Å². The number of nitrogens with zero attached hydrogens (tertiary/aromatic N) is 3. The largest absolute Gasteiger partial charge is 0.328 e. The second-order valence-electron chi connectivity index (χ2n) is 7.22. The van der Waals surface area contributed by atoms with Crippen LogP contribution in [0.2, 0.25) is 0 Å². The second-order valence-corrected chi connectivity index (χ2v) is 7.22. The van der Waals surface area contributed by atoms with Crippen molar-refractivity contribution in [2.24, 2.45) is 0 Å². The summed E-state index contributed by atoms with van der Waals surface area (Å²) in [4.78, 5) is 17.7. The molecule has 0 radical (unpaired) electrons. The number of anilines is 2. The van der Waals surface area contributed by atoms with E-state index >= 15 is 0 Å². The molecule has 0 saturated heterocycles. The third-order valence-corrected chi connectivity index (χ3v) is 5.15. The molecule has 0 aliphatic carbocycles. The highest BCUT2D eigenvalue weighted by atomic mass is 16.1. The first-order chi connectivity index (χ1) is 13.5. The van der Waals surface area contributed by atoms with Crippen molar-refractivity contribution in [2.75, 3.05) is 10.6 Å². The van der Waals surface area contributed by atoms with Crippen molar-refractivity contribution >= 4 is 17.5 Å². The standard InChI is InChI=1S/C22H23N5O/c1-13-9-10-18(15(3)11-13)26-21(28)19-16(4)25-22-23-12-24-27(22)20(19)17-8-6-5-7-14(17)2/h5-12,20H,1-4H3,(H,26,28)(H,23,24,25)/t20-/m0/s1. The fourth-order valence-electron chi connectivity index (χ4n) is 3.71. The van der Waals surface area contributed by atoms with Crippen molar-refractivity contribution < 1.29 is 4.79 Å². The summed E-state index contributed by atoms with van der Waals surface area (Å²) in [7, 11) is 0. The molecule has 1 aliphatic rings. The molecule has 0 unspecified atom stereocenters. The van der Waals surface area contributed by atoms with Gasteiger partial charge in [0, 0.05) is 11.4 Å². The van der Waals surface area contributed by atoms with Gasteiger partial charge in [0.1, 0.15) is 12.4 Å². The minimum atomic E-state index is -0.342. The molecule has 2 heterocycles. The Morgan fingerprint density at radius 3 is 2.61 bits per heavy atom. The zero-order valence-corrected chi connectivity index (χ0v) is 16.4. The number of aryl methyl sites for hydroxylation is 3. The molecule has 3 aromatic rings. The molecule has 6 heteroatoms. The van der Waals surface area contributed by atoms with Crippen molar-refractivity contribution in [3.63, 3.8) is 0 Å². The van der Waals surface area contributed by atoms with Gasteiger partial charge in [0.15, 0.2) is 0 Å². The van der Waals surface area contributed by atoms with Gasteiger partial charge in [-0.25, -0.2) is 4.68 Å². The SMILES string of the molecule is CC1=C(C(=O)Nc2ccc(C)cc2C)[C@H](c2ccccc2C)n2ncnc2N1. The summed E-state index contributed by atoms with van der Waals surface area (Å²) in [6, 6.07) is 13.7. The first kappa shape index (κ1) is 18.0. The van der Waals surface area contributed by atoms with E-state index in [0.717, 1.165) is 33.6 Å². The van der Waals surface area contributed by atoms with Crippen molar-refractivity contribution in [1.29, 1.82) is 0 Å². The van der Waals surface area contributed by atoms with Crippen LogP contribution in [0.25, 0.3) is 0 Å². The van der Waals surface area contributed by atoms with Crippen molar-refractivity contribution in [3.8, 4) is 0 Å². The van der Waals surface area contributed by atoms with Gasteiger partial charge >= 0.3 is 0 Å². The molecule has 1 amide bonds. The second kappa shape index (κ2) is 6.96. The van der Waals surface area contributed by atoms with E-state index in [-0.39, 0.29) is 11.9 Å². The highest BCUT2D eigenvalue weighted by Gasteiger charge is 2.34. The van der Waals surface area contributed by atoms with Crippen LogP contribution in [0.1, 0.15) is 35.2 Å². The Hall–Kier alpha value is -3.41. The van der Waals surface area contributed by atoms with E-state index in [4.69, 9.17) is 0 Å². The van der Waals surface area contributed by atoms with E-state index in [1.54, 1.807) is 4.68 Å².